The van der Waals surface area contributed by atoms with E-state index in [0.29, 0.717) is 30.9 Å². The van der Waals surface area contributed by atoms with E-state index in [1.807, 2.05) is 0 Å². The Balaban J connectivity index is 2.24. The van der Waals surface area contributed by atoms with Crippen LogP contribution in [0, 0.1) is 6.92 Å². The minimum Gasteiger partial charge on any atom is -0.480 e. The van der Waals surface area contributed by atoms with Gasteiger partial charge >= 0.3 is 5.97 Å². The number of nitrogens with zero attached hydrogens (tertiary/aromatic N) is 1. The first-order valence-electron chi connectivity index (χ1n) is 5.79. The van der Waals surface area contributed by atoms with Gasteiger partial charge in [0.15, 0.2) is 0 Å². The van der Waals surface area contributed by atoms with E-state index in [2.05, 4.69) is 15.3 Å². The zero-order valence-electron chi connectivity index (χ0n) is 10.3. The summed E-state index contributed by atoms with van der Waals surface area (Å²) in [7, 11) is 0. The molecular formula is C11H18N4O3. The number of aryl methyl sites for hydroxylation is 1. The molecule has 0 aliphatic rings. The molecule has 18 heavy (non-hydrogen) atoms. The van der Waals surface area contributed by atoms with Crippen molar-refractivity contribution in [2.24, 2.45) is 5.73 Å². The summed E-state index contributed by atoms with van der Waals surface area (Å²) in [4.78, 5) is 28.4. The summed E-state index contributed by atoms with van der Waals surface area (Å²) in [6, 6.07) is -0.803. The summed E-state index contributed by atoms with van der Waals surface area (Å²) in [5.74, 6) is -0.555. The Hall–Kier alpha value is -1.89. The van der Waals surface area contributed by atoms with Crippen molar-refractivity contribution in [2.45, 2.75) is 32.2 Å². The van der Waals surface area contributed by atoms with Crippen molar-refractivity contribution in [3.05, 3.63) is 22.1 Å². The molecule has 0 saturated heterocycles. The van der Waals surface area contributed by atoms with E-state index in [4.69, 9.17) is 10.8 Å². The van der Waals surface area contributed by atoms with Crippen LogP contribution in [-0.4, -0.2) is 33.6 Å². The van der Waals surface area contributed by atoms with E-state index < -0.39 is 12.0 Å². The maximum Gasteiger partial charge on any atom is 0.320 e. The lowest BCUT2D eigenvalue weighted by molar-refractivity contribution is -0.138. The van der Waals surface area contributed by atoms with Crippen LogP contribution in [0.15, 0.2) is 11.0 Å². The SMILES string of the molecule is Cc1cnc(NCCCC[C@H](N)C(=O)O)[nH]c1=O. The van der Waals surface area contributed by atoms with Crippen molar-refractivity contribution >= 4 is 11.9 Å². The number of rotatable bonds is 7. The number of hydrogen-bond donors (Lipinski definition) is 4. The molecule has 0 aromatic carbocycles. The third kappa shape index (κ3) is 4.54. The van der Waals surface area contributed by atoms with Crippen molar-refractivity contribution in [2.75, 3.05) is 11.9 Å². The quantitative estimate of drug-likeness (QED) is 0.511. The van der Waals surface area contributed by atoms with Gasteiger partial charge in [0.1, 0.15) is 6.04 Å². The second kappa shape index (κ2) is 6.75. The Labute approximate surface area is 104 Å². The molecule has 0 aliphatic carbocycles. The van der Waals surface area contributed by atoms with Crippen LogP contribution in [0.1, 0.15) is 24.8 Å². The van der Waals surface area contributed by atoms with Gasteiger partial charge in [-0.2, -0.15) is 0 Å². The number of carboxylic acids is 1. The number of carboxylic acid groups (broad SMARTS) is 1. The number of aliphatic carboxylic acids is 1. The Morgan fingerprint density at radius 2 is 2.33 bits per heavy atom. The van der Waals surface area contributed by atoms with E-state index in [1.54, 1.807) is 6.92 Å². The van der Waals surface area contributed by atoms with E-state index >= 15 is 0 Å². The van der Waals surface area contributed by atoms with Gasteiger partial charge in [-0.1, -0.05) is 0 Å². The largest absolute Gasteiger partial charge is 0.480 e. The molecule has 1 heterocycles. The highest BCUT2D eigenvalue weighted by molar-refractivity contribution is 5.72. The summed E-state index contributed by atoms with van der Waals surface area (Å²) in [6.45, 7) is 2.29. The molecule has 0 radical (unpaired) electrons. The predicted molar refractivity (Wildman–Crippen MR) is 67.5 cm³/mol. The summed E-state index contributed by atoms with van der Waals surface area (Å²) >= 11 is 0. The van der Waals surface area contributed by atoms with Crippen LogP contribution in [0.2, 0.25) is 0 Å². The van der Waals surface area contributed by atoms with Gasteiger partial charge in [0.2, 0.25) is 5.95 Å². The number of hydrogen-bond acceptors (Lipinski definition) is 5. The van der Waals surface area contributed by atoms with Crippen molar-refractivity contribution in [3.63, 3.8) is 0 Å². The van der Waals surface area contributed by atoms with Crippen LogP contribution in [0.3, 0.4) is 0 Å². The molecule has 0 saturated carbocycles. The number of aromatic amines is 1. The predicted octanol–water partition coefficient (Wildman–Crippen LogP) is 0.0724. The van der Waals surface area contributed by atoms with Gasteiger partial charge < -0.3 is 16.2 Å². The van der Waals surface area contributed by atoms with Crippen LogP contribution in [-0.2, 0) is 4.79 Å². The molecule has 0 unspecified atom stereocenters. The van der Waals surface area contributed by atoms with Crippen LogP contribution < -0.4 is 16.6 Å². The minimum absolute atomic E-state index is 0.166. The monoisotopic (exact) mass is 254 g/mol. The van der Waals surface area contributed by atoms with Crippen molar-refractivity contribution in [1.82, 2.24) is 9.97 Å². The highest BCUT2D eigenvalue weighted by Gasteiger charge is 2.09. The van der Waals surface area contributed by atoms with Crippen molar-refractivity contribution in [1.29, 1.82) is 0 Å². The highest BCUT2D eigenvalue weighted by atomic mass is 16.4. The molecule has 1 aromatic rings. The molecule has 1 atom stereocenters. The standard InChI is InChI=1S/C11H18N4O3/c1-7-6-14-11(15-9(7)16)13-5-3-2-4-8(12)10(17)18/h6,8H,2-5,12H2,1H3,(H,17,18)(H2,13,14,15,16)/t8-/m0/s1. The number of nitrogens with two attached hydrogens (primary N) is 1. The number of H-pyrrole nitrogens is 1. The molecule has 5 N–H and O–H groups in total. The smallest absolute Gasteiger partial charge is 0.320 e. The van der Waals surface area contributed by atoms with Gasteiger partial charge in [0, 0.05) is 18.3 Å². The van der Waals surface area contributed by atoms with Crippen molar-refractivity contribution < 1.29 is 9.90 Å². The zero-order valence-corrected chi connectivity index (χ0v) is 10.3. The fourth-order valence-corrected chi connectivity index (χ4v) is 1.37. The normalized spacial score (nSPS) is 12.1. The Bertz CT molecular complexity index is 458. The fraction of sp³-hybridized carbons (Fsp3) is 0.545. The third-order valence-corrected chi connectivity index (χ3v) is 2.53. The van der Waals surface area contributed by atoms with Crippen LogP contribution in [0.4, 0.5) is 5.95 Å². The number of unbranched alkanes of at least 4 members (excludes halogenated alkanes) is 1. The van der Waals surface area contributed by atoms with E-state index in [1.165, 1.54) is 6.20 Å². The van der Waals surface area contributed by atoms with Gasteiger partial charge in [0.05, 0.1) is 0 Å². The topological polar surface area (TPSA) is 121 Å². The number of aromatic nitrogens is 2. The molecular weight excluding hydrogens is 236 g/mol. The summed E-state index contributed by atoms with van der Waals surface area (Å²) in [5.41, 5.74) is 5.76. The first kappa shape index (κ1) is 14.2. The minimum atomic E-state index is -0.979. The third-order valence-electron chi connectivity index (χ3n) is 2.53. The average Bonchev–Trinajstić information content (AvgIpc) is 2.32. The van der Waals surface area contributed by atoms with Gasteiger partial charge in [-0.15, -0.1) is 0 Å². The second-order valence-corrected chi connectivity index (χ2v) is 4.11. The van der Waals surface area contributed by atoms with E-state index in [9.17, 15) is 9.59 Å². The molecule has 0 bridgehead atoms. The Kier molecular flexibility index (Phi) is 5.31. The first-order valence-corrected chi connectivity index (χ1v) is 5.79. The molecule has 0 spiro atoms. The maximum atomic E-state index is 11.3. The maximum absolute atomic E-state index is 11.3. The van der Waals surface area contributed by atoms with Crippen LogP contribution in [0.5, 0.6) is 0 Å². The molecule has 0 amide bonds. The molecule has 7 nitrogen and oxygen atoms in total. The lowest BCUT2D eigenvalue weighted by Gasteiger charge is -2.07. The molecule has 100 valence electrons. The van der Waals surface area contributed by atoms with E-state index in [0.717, 1.165) is 6.42 Å². The first-order chi connectivity index (χ1) is 8.50. The zero-order chi connectivity index (χ0) is 13.5. The lowest BCUT2D eigenvalue weighted by atomic mass is 10.1. The highest BCUT2D eigenvalue weighted by Crippen LogP contribution is 2.00. The fourth-order valence-electron chi connectivity index (χ4n) is 1.37. The van der Waals surface area contributed by atoms with Gasteiger partial charge in [0.25, 0.3) is 5.56 Å². The molecule has 1 rings (SSSR count). The number of anilines is 1. The van der Waals surface area contributed by atoms with Crippen molar-refractivity contribution in [3.8, 4) is 0 Å². The number of carbonyl (C=O) groups is 1. The molecule has 0 aliphatic heterocycles. The van der Waals surface area contributed by atoms with Gasteiger partial charge in [-0.3, -0.25) is 14.6 Å². The number of nitrogens with one attached hydrogen (secondary N) is 2. The Morgan fingerprint density at radius 1 is 1.61 bits per heavy atom. The second-order valence-electron chi connectivity index (χ2n) is 4.11. The van der Waals surface area contributed by atoms with Crippen LogP contribution in [0.25, 0.3) is 0 Å². The molecule has 0 fully saturated rings. The average molecular weight is 254 g/mol. The van der Waals surface area contributed by atoms with E-state index in [-0.39, 0.29) is 5.56 Å². The summed E-state index contributed by atoms with van der Waals surface area (Å²) in [5, 5.41) is 11.5. The van der Waals surface area contributed by atoms with Gasteiger partial charge in [-0.25, -0.2) is 4.98 Å². The Morgan fingerprint density at radius 3 is 2.94 bits per heavy atom. The van der Waals surface area contributed by atoms with Crippen LogP contribution >= 0.6 is 0 Å². The summed E-state index contributed by atoms with van der Waals surface area (Å²) in [6.07, 6.45) is 3.41. The molecule has 7 heteroatoms. The molecule has 1 aromatic heterocycles. The lowest BCUT2D eigenvalue weighted by Crippen LogP contribution is -2.29. The van der Waals surface area contributed by atoms with Gasteiger partial charge in [-0.05, 0) is 26.2 Å². The summed E-state index contributed by atoms with van der Waals surface area (Å²) < 4.78 is 0.